The van der Waals surface area contributed by atoms with Gasteiger partial charge in [0.2, 0.25) is 0 Å². The summed E-state index contributed by atoms with van der Waals surface area (Å²) < 4.78 is 16.5. The van der Waals surface area contributed by atoms with Gasteiger partial charge in [-0.1, -0.05) is 21.1 Å². The van der Waals surface area contributed by atoms with Crippen molar-refractivity contribution in [2.24, 2.45) is 7.05 Å². The molecule has 0 aliphatic heterocycles. The molecule has 0 saturated heterocycles. The van der Waals surface area contributed by atoms with Crippen LogP contribution in [0.2, 0.25) is 0 Å². The van der Waals surface area contributed by atoms with Gasteiger partial charge in [0.05, 0.1) is 11.7 Å². The second kappa shape index (κ2) is 5.46. The molecular formula is C11H11Br2FN4. The van der Waals surface area contributed by atoms with Gasteiger partial charge in [0, 0.05) is 11.5 Å². The zero-order valence-corrected chi connectivity index (χ0v) is 13.0. The maximum absolute atomic E-state index is 13.4. The van der Waals surface area contributed by atoms with E-state index in [1.165, 1.54) is 12.1 Å². The zero-order chi connectivity index (χ0) is 13.3. The van der Waals surface area contributed by atoms with Crippen molar-refractivity contribution < 1.29 is 4.39 Å². The number of aromatic nitrogens is 3. The molecule has 1 aromatic carbocycles. The summed E-state index contributed by atoms with van der Waals surface area (Å²) in [5, 5.41) is 11.0. The smallest absolute Gasteiger partial charge is 0.153 e. The van der Waals surface area contributed by atoms with Crippen LogP contribution in [0.4, 0.5) is 4.39 Å². The van der Waals surface area contributed by atoms with Crippen LogP contribution in [0.5, 0.6) is 0 Å². The van der Waals surface area contributed by atoms with Crippen LogP contribution in [0, 0.1) is 5.82 Å². The lowest BCUT2D eigenvalue weighted by Gasteiger charge is -2.18. The van der Waals surface area contributed by atoms with Gasteiger partial charge >= 0.3 is 0 Å². The molecule has 1 unspecified atom stereocenters. The molecule has 0 fully saturated rings. The number of nitrogens with one attached hydrogen (secondary N) is 1. The largest absolute Gasteiger partial charge is 0.308 e. The second-order valence-corrected chi connectivity index (χ2v) is 5.38. The van der Waals surface area contributed by atoms with Gasteiger partial charge in [0.25, 0.3) is 0 Å². The molecule has 0 aliphatic rings. The van der Waals surface area contributed by atoms with Crippen molar-refractivity contribution in [1.82, 2.24) is 20.3 Å². The number of benzene rings is 1. The van der Waals surface area contributed by atoms with E-state index in [1.807, 2.05) is 0 Å². The number of hydrogen-bond acceptors (Lipinski definition) is 3. The number of aryl methyl sites for hydroxylation is 1. The van der Waals surface area contributed by atoms with Gasteiger partial charge in [0.15, 0.2) is 4.60 Å². The molecule has 4 nitrogen and oxygen atoms in total. The van der Waals surface area contributed by atoms with Gasteiger partial charge in [-0.3, -0.25) is 0 Å². The highest BCUT2D eigenvalue weighted by Gasteiger charge is 2.22. The van der Waals surface area contributed by atoms with E-state index in [4.69, 9.17) is 0 Å². The lowest BCUT2D eigenvalue weighted by Crippen LogP contribution is -2.21. The van der Waals surface area contributed by atoms with Crippen LogP contribution in [0.15, 0.2) is 27.3 Å². The number of nitrogens with zero attached hydrogens (tertiary/aromatic N) is 3. The maximum Gasteiger partial charge on any atom is 0.153 e. The Morgan fingerprint density at radius 1 is 1.39 bits per heavy atom. The first-order valence-corrected chi connectivity index (χ1v) is 6.80. The highest BCUT2D eigenvalue weighted by Crippen LogP contribution is 2.31. The third-order valence-corrected chi connectivity index (χ3v) is 3.94. The zero-order valence-electron chi connectivity index (χ0n) is 9.78. The summed E-state index contributed by atoms with van der Waals surface area (Å²) in [7, 11) is 3.60. The van der Waals surface area contributed by atoms with Gasteiger partial charge < -0.3 is 5.32 Å². The highest BCUT2D eigenvalue weighted by atomic mass is 79.9. The SMILES string of the molecule is CNC(c1cc(F)ccc1Br)c1c(Br)nnn1C. The molecule has 0 radical (unpaired) electrons. The standard InChI is InChI=1S/C11H11Br2FN4/c1-15-9(10-11(13)16-17-18(10)2)7-5-6(14)3-4-8(7)12/h3-5,9,15H,1-2H3. The summed E-state index contributed by atoms with van der Waals surface area (Å²) in [5.74, 6) is -0.278. The Kier molecular flexibility index (Phi) is 4.14. The first kappa shape index (κ1) is 13.6. The molecule has 0 saturated carbocycles. The van der Waals surface area contributed by atoms with Crippen LogP contribution in [-0.4, -0.2) is 22.0 Å². The molecule has 2 rings (SSSR count). The Balaban J connectivity index is 2.55. The van der Waals surface area contributed by atoms with Gasteiger partial charge in [-0.25, -0.2) is 9.07 Å². The maximum atomic E-state index is 13.4. The summed E-state index contributed by atoms with van der Waals surface area (Å²) in [6.07, 6.45) is 0. The van der Waals surface area contributed by atoms with Gasteiger partial charge in [-0.15, -0.1) is 5.10 Å². The summed E-state index contributed by atoms with van der Waals surface area (Å²) in [6, 6.07) is 4.39. The van der Waals surface area contributed by atoms with E-state index in [1.54, 1.807) is 24.8 Å². The Hall–Kier alpha value is -0.790. The average Bonchev–Trinajstić information content (AvgIpc) is 2.66. The summed E-state index contributed by atoms with van der Waals surface area (Å²) in [6.45, 7) is 0. The molecule has 0 aliphatic carbocycles. The molecule has 96 valence electrons. The van der Waals surface area contributed by atoms with Crippen LogP contribution in [0.25, 0.3) is 0 Å². The van der Waals surface area contributed by atoms with E-state index in [0.29, 0.717) is 4.60 Å². The van der Waals surface area contributed by atoms with E-state index < -0.39 is 0 Å². The lowest BCUT2D eigenvalue weighted by atomic mass is 10.0. The lowest BCUT2D eigenvalue weighted by molar-refractivity contribution is 0.584. The van der Waals surface area contributed by atoms with E-state index in [9.17, 15) is 4.39 Å². The molecular weight excluding hydrogens is 367 g/mol. The van der Waals surface area contributed by atoms with Gasteiger partial charge in [0.1, 0.15) is 5.82 Å². The van der Waals surface area contributed by atoms with Gasteiger partial charge in [-0.2, -0.15) is 0 Å². The molecule has 0 spiro atoms. The topological polar surface area (TPSA) is 42.7 Å². The Morgan fingerprint density at radius 2 is 2.11 bits per heavy atom. The van der Waals surface area contributed by atoms with Crippen LogP contribution in [0.1, 0.15) is 17.3 Å². The minimum absolute atomic E-state index is 0.204. The normalized spacial score (nSPS) is 12.7. The fourth-order valence-electron chi connectivity index (χ4n) is 1.82. The Bertz CT molecular complexity index is 551. The van der Waals surface area contributed by atoms with E-state index in [2.05, 4.69) is 47.5 Å². The second-order valence-electron chi connectivity index (χ2n) is 3.78. The van der Waals surface area contributed by atoms with Crippen molar-refractivity contribution >= 4 is 31.9 Å². The molecule has 0 bridgehead atoms. The number of halogens is 3. The van der Waals surface area contributed by atoms with Crippen molar-refractivity contribution in [2.45, 2.75) is 6.04 Å². The quantitative estimate of drug-likeness (QED) is 0.894. The Morgan fingerprint density at radius 3 is 2.67 bits per heavy atom. The van der Waals surface area contributed by atoms with E-state index >= 15 is 0 Å². The van der Waals surface area contributed by atoms with Crippen LogP contribution in [-0.2, 0) is 7.05 Å². The molecule has 7 heteroatoms. The van der Waals surface area contributed by atoms with Crippen molar-refractivity contribution in [3.05, 3.63) is 44.3 Å². The van der Waals surface area contributed by atoms with E-state index in [0.717, 1.165) is 15.7 Å². The molecule has 0 amide bonds. The minimum Gasteiger partial charge on any atom is -0.308 e. The molecule has 1 aromatic heterocycles. The Labute approximate surface area is 121 Å². The third-order valence-electron chi connectivity index (χ3n) is 2.66. The number of hydrogen-bond donors (Lipinski definition) is 1. The molecule has 2 aromatic rings. The summed E-state index contributed by atoms with van der Waals surface area (Å²) >= 11 is 6.79. The van der Waals surface area contributed by atoms with Gasteiger partial charge in [-0.05, 0) is 46.7 Å². The van der Waals surface area contributed by atoms with Crippen molar-refractivity contribution in [1.29, 1.82) is 0 Å². The molecule has 1 atom stereocenters. The van der Waals surface area contributed by atoms with Crippen LogP contribution < -0.4 is 5.32 Å². The monoisotopic (exact) mass is 376 g/mol. The van der Waals surface area contributed by atoms with Crippen LogP contribution in [0.3, 0.4) is 0 Å². The van der Waals surface area contributed by atoms with Crippen LogP contribution >= 0.6 is 31.9 Å². The first-order chi connectivity index (χ1) is 8.54. The summed E-state index contributed by atoms with van der Waals surface area (Å²) in [5.41, 5.74) is 1.63. The minimum atomic E-state index is -0.278. The molecule has 18 heavy (non-hydrogen) atoms. The van der Waals surface area contributed by atoms with E-state index in [-0.39, 0.29) is 11.9 Å². The third kappa shape index (κ3) is 2.48. The first-order valence-electron chi connectivity index (χ1n) is 5.22. The fourth-order valence-corrected chi connectivity index (χ4v) is 2.85. The predicted octanol–water partition coefficient (Wildman–Crippen LogP) is 2.79. The summed E-state index contributed by atoms with van der Waals surface area (Å²) in [4.78, 5) is 0. The highest BCUT2D eigenvalue weighted by molar-refractivity contribution is 9.10. The molecule has 1 N–H and O–H groups in total. The van der Waals surface area contributed by atoms with Crippen molar-refractivity contribution in [2.75, 3.05) is 7.05 Å². The predicted molar refractivity (Wildman–Crippen MR) is 73.7 cm³/mol. The number of rotatable bonds is 3. The van der Waals surface area contributed by atoms with Crippen molar-refractivity contribution in [3.8, 4) is 0 Å². The molecule has 1 heterocycles. The average molecular weight is 378 g/mol. The van der Waals surface area contributed by atoms with Crippen molar-refractivity contribution in [3.63, 3.8) is 0 Å². The fraction of sp³-hybridized carbons (Fsp3) is 0.273.